The van der Waals surface area contributed by atoms with Crippen LogP contribution in [0.3, 0.4) is 0 Å². The molecule has 1 aliphatic rings. The molecule has 0 fully saturated rings. The molecule has 6 heteroatoms. The number of hydrogen-bond donors (Lipinski definition) is 0. The highest BCUT2D eigenvalue weighted by atomic mass is 35.5. The molecule has 86 valence electrons. The molecule has 1 aromatic carbocycles. The summed E-state index contributed by atoms with van der Waals surface area (Å²) in [5.41, 5.74) is 0.385. The van der Waals surface area contributed by atoms with Gasteiger partial charge in [0.15, 0.2) is 0 Å². The first-order chi connectivity index (χ1) is 8.18. The van der Waals surface area contributed by atoms with Crippen molar-refractivity contribution < 1.29 is 4.79 Å². The number of halogens is 1. The van der Waals surface area contributed by atoms with E-state index in [2.05, 4.69) is 27.3 Å². The number of nitrogens with zero attached hydrogens (tertiary/aromatic N) is 4. The Morgan fingerprint density at radius 2 is 1.88 bits per heavy atom. The zero-order chi connectivity index (χ0) is 12.3. The lowest BCUT2D eigenvalue weighted by molar-refractivity contribution is 0.108. The van der Waals surface area contributed by atoms with E-state index >= 15 is 0 Å². The maximum atomic E-state index is 10.9. The summed E-state index contributed by atoms with van der Waals surface area (Å²) in [5, 5.41) is 14.6. The van der Waals surface area contributed by atoms with E-state index in [1.165, 1.54) is 0 Å². The second kappa shape index (κ2) is 4.55. The smallest absolute Gasteiger partial charge is 0.252 e. The molecule has 0 radical (unpaired) electrons. The Balaban J connectivity index is 2.38. The Bertz CT molecular complexity index is 495. The monoisotopic (exact) mass is 248 g/mol. The van der Waals surface area contributed by atoms with Gasteiger partial charge in [0.1, 0.15) is 0 Å². The van der Waals surface area contributed by atoms with Crippen LogP contribution in [-0.4, -0.2) is 5.24 Å². The molecule has 0 saturated heterocycles. The topological polar surface area (TPSA) is 66.5 Å². The average Bonchev–Trinajstić information content (AvgIpc) is 2.79. The molecule has 0 aromatic heterocycles. The summed E-state index contributed by atoms with van der Waals surface area (Å²) in [6.07, 6.45) is 2.19. The van der Waals surface area contributed by atoms with Gasteiger partial charge in [0.05, 0.1) is 0 Å². The fourth-order valence-electron chi connectivity index (χ4n) is 1.59. The summed E-state index contributed by atoms with van der Waals surface area (Å²) in [5.74, 6) is 0. The third-order valence-corrected chi connectivity index (χ3v) is 2.68. The summed E-state index contributed by atoms with van der Waals surface area (Å²) < 4.78 is 0. The molecule has 0 unspecified atom stereocenters. The zero-order valence-electron chi connectivity index (χ0n) is 8.88. The number of carbonyl (C=O) groups excluding carboxylic acids is 1. The second-order valence-electron chi connectivity index (χ2n) is 3.54. The van der Waals surface area contributed by atoms with Gasteiger partial charge >= 0.3 is 0 Å². The van der Waals surface area contributed by atoms with Gasteiger partial charge in [-0.05, 0) is 34.2 Å². The van der Waals surface area contributed by atoms with Crippen molar-refractivity contribution in [1.29, 1.82) is 0 Å². The normalized spacial score (nSPS) is 16.1. The molecule has 1 aliphatic heterocycles. The van der Waals surface area contributed by atoms with Gasteiger partial charge in [0.2, 0.25) is 5.66 Å². The van der Waals surface area contributed by atoms with Crippen molar-refractivity contribution in [1.82, 2.24) is 0 Å². The lowest BCUT2D eigenvalue weighted by Gasteiger charge is -2.18. The van der Waals surface area contributed by atoms with E-state index in [1.54, 1.807) is 30.3 Å². The molecule has 0 atom stereocenters. The summed E-state index contributed by atoms with van der Waals surface area (Å²) in [6, 6.07) is 6.72. The van der Waals surface area contributed by atoms with Crippen molar-refractivity contribution in [3.8, 4) is 0 Å². The average molecular weight is 249 g/mol. The highest BCUT2D eigenvalue weighted by Crippen LogP contribution is 2.35. The first-order valence-corrected chi connectivity index (χ1v) is 5.31. The highest BCUT2D eigenvalue weighted by Gasteiger charge is 2.34. The minimum atomic E-state index is -0.838. The molecule has 0 N–H and O–H groups in total. The van der Waals surface area contributed by atoms with E-state index in [1.807, 2.05) is 0 Å². The van der Waals surface area contributed by atoms with E-state index in [-0.39, 0.29) is 0 Å². The van der Waals surface area contributed by atoms with Gasteiger partial charge < -0.3 is 0 Å². The Labute approximate surface area is 103 Å². The molecule has 17 heavy (non-hydrogen) atoms. The van der Waals surface area contributed by atoms with E-state index in [4.69, 9.17) is 11.6 Å². The Kier molecular flexibility index (Phi) is 3.10. The van der Waals surface area contributed by atoms with Crippen molar-refractivity contribution >= 4 is 16.8 Å². The summed E-state index contributed by atoms with van der Waals surface area (Å²) in [6.45, 7) is 3.66. The predicted molar refractivity (Wildman–Crippen MR) is 62.8 cm³/mol. The second-order valence-corrected chi connectivity index (χ2v) is 3.88. The SMILES string of the molecule is C=CCC1(c2ccc(C(=O)Cl)cc2)N=NN=N1. The minimum Gasteiger partial charge on any atom is -0.276 e. The molecule has 0 bridgehead atoms. The van der Waals surface area contributed by atoms with E-state index in [9.17, 15) is 4.79 Å². The number of carbonyl (C=O) groups is 1. The van der Waals surface area contributed by atoms with E-state index in [0.29, 0.717) is 12.0 Å². The fourth-order valence-corrected chi connectivity index (χ4v) is 1.72. The van der Waals surface area contributed by atoms with Crippen LogP contribution in [0.15, 0.2) is 57.6 Å². The van der Waals surface area contributed by atoms with Crippen molar-refractivity contribution in [2.45, 2.75) is 12.1 Å². The Hall–Kier alpha value is -1.88. The first-order valence-electron chi connectivity index (χ1n) is 4.93. The molecular formula is C11H9ClN4O. The predicted octanol–water partition coefficient (Wildman–Crippen LogP) is 3.63. The molecule has 1 aromatic rings. The van der Waals surface area contributed by atoms with Crippen LogP contribution in [0.4, 0.5) is 0 Å². The quantitative estimate of drug-likeness (QED) is 0.593. The van der Waals surface area contributed by atoms with E-state index < -0.39 is 10.9 Å². The van der Waals surface area contributed by atoms with Crippen LogP contribution in [0, 0.1) is 0 Å². The minimum absolute atomic E-state index is 0.427. The standard InChI is InChI=1S/C11H9ClN4O/c1-2-7-11(13-15-16-14-11)9-5-3-8(4-6-9)10(12)17/h2-6H,1,7H2. The molecule has 2 rings (SSSR count). The maximum absolute atomic E-state index is 10.9. The maximum Gasteiger partial charge on any atom is 0.252 e. The molecule has 0 amide bonds. The summed E-state index contributed by atoms with van der Waals surface area (Å²) in [7, 11) is 0. The van der Waals surface area contributed by atoms with Crippen LogP contribution < -0.4 is 0 Å². The molecular weight excluding hydrogens is 240 g/mol. The molecule has 0 aliphatic carbocycles. The van der Waals surface area contributed by atoms with Crippen molar-refractivity contribution in [2.75, 3.05) is 0 Å². The third-order valence-electron chi connectivity index (χ3n) is 2.46. The van der Waals surface area contributed by atoms with Gasteiger partial charge in [-0.25, -0.2) is 0 Å². The van der Waals surface area contributed by atoms with Gasteiger partial charge in [-0.1, -0.05) is 18.2 Å². The van der Waals surface area contributed by atoms with Crippen LogP contribution in [-0.2, 0) is 5.66 Å². The molecule has 0 spiro atoms. The Morgan fingerprint density at radius 1 is 1.29 bits per heavy atom. The van der Waals surface area contributed by atoms with Gasteiger partial charge in [-0.15, -0.1) is 16.8 Å². The number of rotatable bonds is 4. The van der Waals surface area contributed by atoms with E-state index in [0.717, 1.165) is 5.56 Å². The van der Waals surface area contributed by atoms with Crippen molar-refractivity contribution in [3.63, 3.8) is 0 Å². The van der Waals surface area contributed by atoms with Crippen LogP contribution in [0.25, 0.3) is 0 Å². The summed E-state index contributed by atoms with van der Waals surface area (Å²) in [4.78, 5) is 10.9. The third kappa shape index (κ3) is 2.14. The van der Waals surface area contributed by atoms with Gasteiger partial charge in [0, 0.05) is 17.5 Å². The molecule has 5 nitrogen and oxygen atoms in total. The van der Waals surface area contributed by atoms with Gasteiger partial charge in [0.25, 0.3) is 5.24 Å². The molecule has 1 heterocycles. The van der Waals surface area contributed by atoms with Crippen molar-refractivity contribution in [2.24, 2.45) is 20.7 Å². The van der Waals surface area contributed by atoms with Crippen LogP contribution >= 0.6 is 11.6 Å². The van der Waals surface area contributed by atoms with Gasteiger partial charge in [-0.3, -0.25) is 4.79 Å². The summed E-state index contributed by atoms with van der Waals surface area (Å²) >= 11 is 5.37. The highest BCUT2D eigenvalue weighted by molar-refractivity contribution is 6.67. The van der Waals surface area contributed by atoms with Crippen molar-refractivity contribution in [3.05, 3.63) is 48.0 Å². The molecule has 0 saturated carbocycles. The fraction of sp³-hybridized carbons (Fsp3) is 0.182. The zero-order valence-corrected chi connectivity index (χ0v) is 9.63. The van der Waals surface area contributed by atoms with Crippen LogP contribution in [0.2, 0.25) is 0 Å². The van der Waals surface area contributed by atoms with Gasteiger partial charge in [-0.2, -0.15) is 0 Å². The van der Waals surface area contributed by atoms with Crippen LogP contribution in [0.1, 0.15) is 22.3 Å². The number of benzene rings is 1. The lowest BCUT2D eigenvalue weighted by Crippen LogP contribution is -2.17. The largest absolute Gasteiger partial charge is 0.276 e. The lowest BCUT2D eigenvalue weighted by atomic mass is 9.96. The number of hydrogen-bond acceptors (Lipinski definition) is 5. The van der Waals surface area contributed by atoms with Crippen LogP contribution in [0.5, 0.6) is 0 Å². The Morgan fingerprint density at radius 3 is 2.35 bits per heavy atom. The first kappa shape index (κ1) is 11.6.